The molecule has 0 aliphatic heterocycles. The fourth-order valence-electron chi connectivity index (χ4n) is 2.56. The van der Waals surface area contributed by atoms with Crippen molar-refractivity contribution in [1.82, 2.24) is 10.6 Å². The molecule has 1 aromatic carbocycles. The Morgan fingerprint density at radius 2 is 2.00 bits per heavy atom. The number of hydrogen-bond acceptors (Lipinski definition) is 2. The molecule has 0 spiro atoms. The summed E-state index contributed by atoms with van der Waals surface area (Å²) in [6, 6.07) is 7.56. The van der Waals surface area contributed by atoms with Crippen LogP contribution < -0.4 is 10.6 Å². The number of rotatable bonds is 7. The van der Waals surface area contributed by atoms with Crippen molar-refractivity contribution in [2.75, 3.05) is 0 Å². The van der Waals surface area contributed by atoms with Crippen LogP contribution in [0, 0.1) is 5.92 Å². The van der Waals surface area contributed by atoms with Crippen molar-refractivity contribution in [2.45, 2.75) is 52.1 Å². The Kier molecular flexibility index (Phi) is 6.39. The van der Waals surface area contributed by atoms with E-state index in [0.717, 1.165) is 24.8 Å². The number of allylic oxidation sites excluding steroid dienone is 2. The van der Waals surface area contributed by atoms with Gasteiger partial charge in [0.25, 0.3) is 5.91 Å². The van der Waals surface area contributed by atoms with E-state index in [2.05, 4.69) is 22.8 Å². The maximum atomic E-state index is 12.0. The lowest BCUT2D eigenvalue weighted by molar-refractivity contribution is -0.121. The van der Waals surface area contributed by atoms with Crippen molar-refractivity contribution in [2.24, 2.45) is 5.92 Å². The standard InChI is InChI=1S/C19H26N2O2/c1-3-14(2)21-19(23)17-10-8-16(9-11-17)13-20-18(22)12-15-6-4-5-7-15/h4,6,8-11,14-15H,3,5,7,12-13H2,1-2H3,(H,20,22)(H,21,23)/t14-,15-/m0/s1. The van der Waals surface area contributed by atoms with Crippen molar-refractivity contribution in [3.8, 4) is 0 Å². The van der Waals surface area contributed by atoms with E-state index in [1.54, 1.807) is 12.1 Å². The Labute approximate surface area is 138 Å². The van der Waals surface area contributed by atoms with Crippen molar-refractivity contribution < 1.29 is 9.59 Å². The molecule has 2 N–H and O–H groups in total. The first kappa shape index (κ1) is 17.3. The number of nitrogens with one attached hydrogen (secondary N) is 2. The van der Waals surface area contributed by atoms with Gasteiger partial charge in [0.05, 0.1) is 0 Å². The van der Waals surface area contributed by atoms with Crippen LogP contribution in [-0.4, -0.2) is 17.9 Å². The lowest BCUT2D eigenvalue weighted by Gasteiger charge is -2.12. The summed E-state index contributed by atoms with van der Waals surface area (Å²) in [6.07, 6.45) is 7.90. The minimum atomic E-state index is -0.0528. The van der Waals surface area contributed by atoms with Gasteiger partial charge in [-0.05, 0) is 49.8 Å². The first-order valence-electron chi connectivity index (χ1n) is 8.41. The van der Waals surface area contributed by atoms with Gasteiger partial charge in [0.2, 0.25) is 5.91 Å². The van der Waals surface area contributed by atoms with Crippen LogP contribution in [0.15, 0.2) is 36.4 Å². The molecule has 4 nitrogen and oxygen atoms in total. The summed E-state index contributed by atoms with van der Waals surface area (Å²) in [5, 5.41) is 5.88. The molecule has 4 heteroatoms. The second kappa shape index (κ2) is 8.51. The molecule has 23 heavy (non-hydrogen) atoms. The molecule has 2 amide bonds. The van der Waals surface area contributed by atoms with Gasteiger partial charge < -0.3 is 10.6 Å². The van der Waals surface area contributed by atoms with Crippen LogP contribution in [0.1, 0.15) is 55.5 Å². The number of amides is 2. The third kappa shape index (κ3) is 5.55. The predicted molar refractivity (Wildman–Crippen MR) is 92.0 cm³/mol. The quantitative estimate of drug-likeness (QED) is 0.759. The van der Waals surface area contributed by atoms with Gasteiger partial charge in [-0.25, -0.2) is 0 Å². The molecular weight excluding hydrogens is 288 g/mol. The summed E-state index contributed by atoms with van der Waals surface area (Å²) in [5.41, 5.74) is 1.65. The molecule has 0 radical (unpaired) electrons. The number of benzene rings is 1. The van der Waals surface area contributed by atoms with E-state index in [4.69, 9.17) is 0 Å². The smallest absolute Gasteiger partial charge is 0.251 e. The first-order chi connectivity index (χ1) is 11.1. The Morgan fingerprint density at radius 1 is 1.26 bits per heavy atom. The Balaban J connectivity index is 1.79. The molecular formula is C19H26N2O2. The van der Waals surface area contributed by atoms with Gasteiger partial charge in [-0.1, -0.05) is 31.2 Å². The molecule has 2 atom stereocenters. The van der Waals surface area contributed by atoms with Gasteiger partial charge in [0, 0.05) is 24.6 Å². The highest BCUT2D eigenvalue weighted by Gasteiger charge is 2.13. The van der Waals surface area contributed by atoms with Gasteiger partial charge >= 0.3 is 0 Å². The zero-order valence-electron chi connectivity index (χ0n) is 14.0. The van der Waals surface area contributed by atoms with E-state index in [1.807, 2.05) is 26.0 Å². The lowest BCUT2D eigenvalue weighted by atomic mass is 10.0. The van der Waals surface area contributed by atoms with Gasteiger partial charge in [-0.3, -0.25) is 9.59 Å². The highest BCUT2D eigenvalue weighted by molar-refractivity contribution is 5.94. The second-order valence-corrected chi connectivity index (χ2v) is 6.23. The highest BCUT2D eigenvalue weighted by atomic mass is 16.2. The van der Waals surface area contributed by atoms with E-state index >= 15 is 0 Å². The summed E-state index contributed by atoms with van der Waals surface area (Å²) in [6.45, 7) is 4.53. The average Bonchev–Trinajstić information content (AvgIpc) is 3.06. The molecule has 0 saturated heterocycles. The highest BCUT2D eigenvalue weighted by Crippen LogP contribution is 2.20. The number of carbonyl (C=O) groups is 2. The molecule has 0 fully saturated rings. The van der Waals surface area contributed by atoms with Crippen molar-refractivity contribution in [1.29, 1.82) is 0 Å². The van der Waals surface area contributed by atoms with Crippen LogP contribution in [0.5, 0.6) is 0 Å². The van der Waals surface area contributed by atoms with Crippen LogP contribution >= 0.6 is 0 Å². The van der Waals surface area contributed by atoms with Gasteiger partial charge in [-0.2, -0.15) is 0 Å². The Bertz CT molecular complexity index is 563. The number of hydrogen-bond donors (Lipinski definition) is 2. The third-order valence-electron chi connectivity index (χ3n) is 4.26. The molecule has 124 valence electrons. The molecule has 0 heterocycles. The predicted octanol–water partition coefficient (Wildman–Crippen LogP) is 3.19. The Morgan fingerprint density at radius 3 is 2.61 bits per heavy atom. The van der Waals surface area contributed by atoms with Crippen LogP contribution in [0.2, 0.25) is 0 Å². The molecule has 2 rings (SSSR count). The minimum Gasteiger partial charge on any atom is -0.352 e. The maximum absolute atomic E-state index is 12.0. The van der Waals surface area contributed by atoms with Gasteiger partial charge in [0.1, 0.15) is 0 Å². The monoisotopic (exact) mass is 314 g/mol. The second-order valence-electron chi connectivity index (χ2n) is 6.23. The maximum Gasteiger partial charge on any atom is 0.251 e. The summed E-state index contributed by atoms with van der Waals surface area (Å²) in [7, 11) is 0. The Hall–Kier alpha value is -2.10. The van der Waals surface area contributed by atoms with E-state index in [9.17, 15) is 9.59 Å². The number of carbonyl (C=O) groups excluding carboxylic acids is 2. The normalized spacial score (nSPS) is 17.7. The molecule has 0 unspecified atom stereocenters. The fourth-order valence-corrected chi connectivity index (χ4v) is 2.56. The zero-order chi connectivity index (χ0) is 16.7. The summed E-state index contributed by atoms with van der Waals surface area (Å²) >= 11 is 0. The van der Waals surface area contributed by atoms with E-state index in [-0.39, 0.29) is 17.9 Å². The molecule has 0 bridgehead atoms. The van der Waals surface area contributed by atoms with Gasteiger partial charge in [-0.15, -0.1) is 0 Å². The van der Waals surface area contributed by atoms with Crippen LogP contribution in [0.3, 0.4) is 0 Å². The molecule has 0 saturated carbocycles. The average molecular weight is 314 g/mol. The molecule has 1 aromatic rings. The van der Waals surface area contributed by atoms with Gasteiger partial charge in [0.15, 0.2) is 0 Å². The molecule has 1 aliphatic rings. The zero-order valence-corrected chi connectivity index (χ0v) is 14.0. The summed E-state index contributed by atoms with van der Waals surface area (Å²) in [4.78, 5) is 23.9. The first-order valence-corrected chi connectivity index (χ1v) is 8.41. The molecule has 0 aromatic heterocycles. The summed E-state index contributed by atoms with van der Waals surface area (Å²) < 4.78 is 0. The van der Waals surface area contributed by atoms with Crippen molar-refractivity contribution in [3.63, 3.8) is 0 Å². The fraction of sp³-hybridized carbons (Fsp3) is 0.474. The largest absolute Gasteiger partial charge is 0.352 e. The lowest BCUT2D eigenvalue weighted by Crippen LogP contribution is -2.31. The molecule has 1 aliphatic carbocycles. The van der Waals surface area contributed by atoms with E-state index in [0.29, 0.717) is 24.4 Å². The van der Waals surface area contributed by atoms with Crippen molar-refractivity contribution >= 4 is 11.8 Å². The van der Waals surface area contributed by atoms with Crippen LogP contribution in [-0.2, 0) is 11.3 Å². The topological polar surface area (TPSA) is 58.2 Å². The van der Waals surface area contributed by atoms with E-state index in [1.165, 1.54) is 0 Å². The van der Waals surface area contributed by atoms with E-state index < -0.39 is 0 Å². The third-order valence-corrected chi connectivity index (χ3v) is 4.26. The SMILES string of the molecule is CC[C@H](C)NC(=O)c1ccc(CNC(=O)C[C@H]2C=CCC2)cc1. The van der Waals surface area contributed by atoms with Crippen molar-refractivity contribution in [3.05, 3.63) is 47.5 Å². The van der Waals surface area contributed by atoms with Crippen LogP contribution in [0.25, 0.3) is 0 Å². The minimum absolute atomic E-state index is 0.0528. The summed E-state index contributed by atoms with van der Waals surface area (Å²) in [5.74, 6) is 0.421. The van der Waals surface area contributed by atoms with Crippen LogP contribution in [0.4, 0.5) is 0 Å².